The van der Waals surface area contributed by atoms with Crippen LogP contribution in [0.3, 0.4) is 0 Å². The molecule has 1 amide bonds. The minimum Gasteiger partial charge on any atom is -0.371 e. The van der Waals surface area contributed by atoms with Gasteiger partial charge in [-0.05, 0) is 56.9 Å². The first kappa shape index (κ1) is 17.5. The monoisotopic (exact) mass is 337 g/mol. The number of amides is 1. The Balaban J connectivity index is 1.80. The molecule has 1 fully saturated rings. The lowest BCUT2D eigenvalue weighted by atomic mass is 10.0. The van der Waals surface area contributed by atoms with Crippen LogP contribution in [0.2, 0.25) is 0 Å². The lowest BCUT2D eigenvalue weighted by Gasteiger charge is -2.22. The third kappa shape index (κ3) is 4.19. The average Bonchev–Trinajstić information content (AvgIpc) is 2.87. The molecular formula is C21H27N3O. The van der Waals surface area contributed by atoms with Gasteiger partial charge in [0.1, 0.15) is 5.69 Å². The number of carbonyl (C=O) groups excluding carboxylic acids is 1. The molecule has 1 aliphatic heterocycles. The highest BCUT2D eigenvalue weighted by molar-refractivity contribution is 6.04. The van der Waals surface area contributed by atoms with Crippen molar-refractivity contribution in [3.8, 4) is 0 Å². The first-order valence-electron chi connectivity index (χ1n) is 9.15. The number of aromatic nitrogens is 1. The largest absolute Gasteiger partial charge is 0.371 e. The van der Waals surface area contributed by atoms with E-state index >= 15 is 0 Å². The zero-order chi connectivity index (χ0) is 17.8. The fraction of sp³-hybridized carbons (Fsp3) is 0.429. The number of benzene rings is 1. The maximum absolute atomic E-state index is 12.7. The molecule has 1 saturated heterocycles. The molecule has 4 heteroatoms. The van der Waals surface area contributed by atoms with Crippen LogP contribution in [0.5, 0.6) is 0 Å². The van der Waals surface area contributed by atoms with E-state index in [1.807, 2.05) is 26.0 Å². The Morgan fingerprint density at radius 1 is 1.00 bits per heavy atom. The van der Waals surface area contributed by atoms with E-state index in [1.54, 1.807) is 6.20 Å². The summed E-state index contributed by atoms with van der Waals surface area (Å²) < 4.78 is 0. The smallest absolute Gasteiger partial charge is 0.274 e. The molecule has 2 aromatic rings. The van der Waals surface area contributed by atoms with Gasteiger partial charge in [0.05, 0.1) is 0 Å². The number of anilines is 2. The van der Waals surface area contributed by atoms with Gasteiger partial charge in [-0.25, -0.2) is 0 Å². The highest BCUT2D eigenvalue weighted by atomic mass is 16.1. The van der Waals surface area contributed by atoms with Crippen LogP contribution in [0, 0.1) is 20.8 Å². The van der Waals surface area contributed by atoms with Gasteiger partial charge in [0.2, 0.25) is 0 Å². The van der Waals surface area contributed by atoms with Crippen molar-refractivity contribution in [3.63, 3.8) is 0 Å². The van der Waals surface area contributed by atoms with Crippen LogP contribution in [0.4, 0.5) is 11.4 Å². The van der Waals surface area contributed by atoms with E-state index in [-0.39, 0.29) is 5.91 Å². The number of aryl methyl sites for hydroxylation is 3. The van der Waals surface area contributed by atoms with Crippen molar-refractivity contribution in [3.05, 3.63) is 52.8 Å². The van der Waals surface area contributed by atoms with Crippen molar-refractivity contribution in [1.82, 2.24) is 4.98 Å². The number of pyridine rings is 1. The number of hydrogen-bond donors (Lipinski definition) is 1. The molecule has 0 saturated carbocycles. The van der Waals surface area contributed by atoms with Gasteiger partial charge in [0.25, 0.3) is 5.91 Å². The predicted molar refractivity (Wildman–Crippen MR) is 104 cm³/mol. The molecule has 0 bridgehead atoms. The fourth-order valence-corrected chi connectivity index (χ4v) is 3.62. The first-order chi connectivity index (χ1) is 12.0. The van der Waals surface area contributed by atoms with Crippen LogP contribution in [0.25, 0.3) is 0 Å². The minimum absolute atomic E-state index is 0.147. The van der Waals surface area contributed by atoms with Crippen molar-refractivity contribution < 1.29 is 4.79 Å². The third-order valence-electron chi connectivity index (χ3n) is 4.86. The van der Waals surface area contributed by atoms with E-state index in [0.29, 0.717) is 5.69 Å². The van der Waals surface area contributed by atoms with Gasteiger partial charge >= 0.3 is 0 Å². The van der Waals surface area contributed by atoms with E-state index in [0.717, 1.165) is 35.6 Å². The highest BCUT2D eigenvalue weighted by Gasteiger charge is 2.15. The van der Waals surface area contributed by atoms with E-state index < -0.39 is 0 Å². The fourth-order valence-electron chi connectivity index (χ4n) is 3.62. The Kier molecular flexibility index (Phi) is 5.37. The Bertz CT molecular complexity index is 738. The second-order valence-corrected chi connectivity index (χ2v) is 7.03. The molecule has 25 heavy (non-hydrogen) atoms. The molecule has 1 N–H and O–H groups in total. The summed E-state index contributed by atoms with van der Waals surface area (Å²) in [7, 11) is 0. The summed E-state index contributed by atoms with van der Waals surface area (Å²) in [4.78, 5) is 19.4. The number of nitrogens with one attached hydrogen (secondary N) is 1. The van der Waals surface area contributed by atoms with Crippen LogP contribution in [0.1, 0.15) is 52.9 Å². The zero-order valence-electron chi connectivity index (χ0n) is 15.4. The maximum Gasteiger partial charge on any atom is 0.274 e. The van der Waals surface area contributed by atoms with E-state index in [4.69, 9.17) is 0 Å². The van der Waals surface area contributed by atoms with E-state index in [9.17, 15) is 4.79 Å². The molecule has 0 unspecified atom stereocenters. The molecule has 0 radical (unpaired) electrons. The van der Waals surface area contributed by atoms with Gasteiger partial charge in [0, 0.05) is 30.7 Å². The molecular weight excluding hydrogens is 310 g/mol. The predicted octanol–water partition coefficient (Wildman–Crippen LogP) is 4.64. The molecule has 1 aromatic heterocycles. The summed E-state index contributed by atoms with van der Waals surface area (Å²) in [5.41, 5.74) is 5.82. The Morgan fingerprint density at radius 3 is 2.28 bits per heavy atom. The van der Waals surface area contributed by atoms with Gasteiger partial charge in [-0.1, -0.05) is 30.5 Å². The van der Waals surface area contributed by atoms with Crippen LogP contribution in [-0.4, -0.2) is 24.0 Å². The zero-order valence-corrected chi connectivity index (χ0v) is 15.4. The van der Waals surface area contributed by atoms with Gasteiger partial charge in [0.15, 0.2) is 0 Å². The summed E-state index contributed by atoms with van der Waals surface area (Å²) in [6, 6.07) is 8.09. The Morgan fingerprint density at radius 2 is 1.64 bits per heavy atom. The minimum atomic E-state index is -0.147. The molecule has 0 spiro atoms. The molecule has 1 aromatic carbocycles. The highest BCUT2D eigenvalue weighted by Crippen LogP contribution is 2.24. The SMILES string of the molecule is Cc1cc(C)c(NC(=O)c2cc(N3CCCCCC3)ccn2)c(C)c1. The van der Waals surface area contributed by atoms with Crippen LogP contribution in [-0.2, 0) is 0 Å². The number of hydrogen-bond acceptors (Lipinski definition) is 3. The number of nitrogens with zero attached hydrogens (tertiary/aromatic N) is 2. The standard InChI is InChI=1S/C21H27N3O/c1-15-12-16(2)20(17(3)13-15)23-21(25)19-14-18(8-9-22-19)24-10-6-4-5-7-11-24/h8-9,12-14H,4-7,10-11H2,1-3H3,(H,23,25). The molecule has 0 aliphatic carbocycles. The number of rotatable bonds is 3. The Labute approximate surface area is 150 Å². The second-order valence-electron chi connectivity index (χ2n) is 7.03. The van der Waals surface area contributed by atoms with Crippen molar-refractivity contribution in [2.75, 3.05) is 23.3 Å². The molecule has 2 heterocycles. The summed E-state index contributed by atoms with van der Waals surface area (Å²) in [6.45, 7) is 8.23. The van der Waals surface area contributed by atoms with Crippen LogP contribution in [0.15, 0.2) is 30.5 Å². The summed E-state index contributed by atoms with van der Waals surface area (Å²) in [6.07, 6.45) is 6.75. The molecule has 4 nitrogen and oxygen atoms in total. The lowest BCUT2D eigenvalue weighted by molar-refractivity contribution is 0.102. The van der Waals surface area contributed by atoms with Gasteiger partial charge in [-0.2, -0.15) is 0 Å². The van der Waals surface area contributed by atoms with Gasteiger partial charge in [-0.15, -0.1) is 0 Å². The second kappa shape index (κ2) is 7.68. The molecule has 1 aliphatic rings. The Hall–Kier alpha value is -2.36. The summed E-state index contributed by atoms with van der Waals surface area (Å²) >= 11 is 0. The van der Waals surface area contributed by atoms with Crippen LogP contribution < -0.4 is 10.2 Å². The molecule has 0 atom stereocenters. The first-order valence-corrected chi connectivity index (χ1v) is 9.15. The molecule has 132 valence electrons. The van der Waals surface area contributed by atoms with E-state index in [1.165, 1.54) is 31.2 Å². The van der Waals surface area contributed by atoms with Crippen molar-refractivity contribution >= 4 is 17.3 Å². The summed E-state index contributed by atoms with van der Waals surface area (Å²) in [5, 5.41) is 3.04. The quantitative estimate of drug-likeness (QED) is 0.887. The average molecular weight is 337 g/mol. The van der Waals surface area contributed by atoms with Crippen LogP contribution >= 0.6 is 0 Å². The van der Waals surface area contributed by atoms with Gasteiger partial charge in [-0.3, -0.25) is 9.78 Å². The van der Waals surface area contributed by atoms with Crippen molar-refractivity contribution in [1.29, 1.82) is 0 Å². The van der Waals surface area contributed by atoms with Crippen molar-refractivity contribution in [2.45, 2.75) is 46.5 Å². The third-order valence-corrected chi connectivity index (χ3v) is 4.86. The molecule has 3 rings (SSSR count). The van der Waals surface area contributed by atoms with E-state index in [2.05, 4.69) is 34.3 Å². The summed E-state index contributed by atoms with van der Waals surface area (Å²) in [5.74, 6) is -0.147. The van der Waals surface area contributed by atoms with Crippen molar-refractivity contribution in [2.24, 2.45) is 0 Å². The number of carbonyl (C=O) groups is 1. The normalized spacial score (nSPS) is 14.9. The topological polar surface area (TPSA) is 45.2 Å². The lowest BCUT2D eigenvalue weighted by Crippen LogP contribution is -2.24. The van der Waals surface area contributed by atoms with Gasteiger partial charge < -0.3 is 10.2 Å². The maximum atomic E-state index is 12.7.